The average molecular weight is 270 g/mol. The molecule has 0 aliphatic carbocycles. The lowest BCUT2D eigenvalue weighted by Gasteiger charge is -2.28. The maximum absolute atomic E-state index is 11.9. The van der Waals surface area contributed by atoms with Crippen LogP contribution in [0, 0.1) is 5.92 Å². The number of hydrogen-bond acceptors (Lipinski definition) is 4. The van der Waals surface area contributed by atoms with Crippen molar-refractivity contribution >= 4 is 11.9 Å². The van der Waals surface area contributed by atoms with Crippen LogP contribution < -0.4 is 10.6 Å². The van der Waals surface area contributed by atoms with E-state index in [4.69, 9.17) is 4.74 Å². The Balaban J connectivity index is 2.58. The smallest absolute Gasteiger partial charge is 0.323 e. The molecule has 0 aromatic rings. The van der Waals surface area contributed by atoms with E-state index < -0.39 is 11.6 Å². The Morgan fingerprint density at radius 2 is 1.95 bits per heavy atom. The van der Waals surface area contributed by atoms with Gasteiger partial charge >= 0.3 is 5.97 Å². The third-order valence-electron chi connectivity index (χ3n) is 3.11. The monoisotopic (exact) mass is 270 g/mol. The van der Waals surface area contributed by atoms with E-state index in [-0.39, 0.29) is 24.0 Å². The van der Waals surface area contributed by atoms with Crippen LogP contribution in [0.25, 0.3) is 0 Å². The third-order valence-corrected chi connectivity index (χ3v) is 3.11. The second kappa shape index (κ2) is 5.90. The first kappa shape index (κ1) is 16.0. The highest BCUT2D eigenvalue weighted by Gasteiger charge is 2.36. The van der Waals surface area contributed by atoms with Crippen molar-refractivity contribution in [2.45, 2.75) is 71.7 Å². The van der Waals surface area contributed by atoms with Crippen molar-refractivity contribution in [1.29, 1.82) is 0 Å². The number of amides is 1. The van der Waals surface area contributed by atoms with E-state index in [1.165, 1.54) is 0 Å². The summed E-state index contributed by atoms with van der Waals surface area (Å²) < 4.78 is 5.33. The molecule has 2 N–H and O–H groups in total. The molecule has 0 radical (unpaired) electrons. The van der Waals surface area contributed by atoms with Crippen molar-refractivity contribution in [2.24, 2.45) is 5.92 Å². The molecule has 1 fully saturated rings. The Kier molecular flexibility index (Phi) is 4.96. The molecule has 1 aliphatic heterocycles. The summed E-state index contributed by atoms with van der Waals surface area (Å²) >= 11 is 0. The number of ether oxygens (including phenoxy) is 1. The van der Waals surface area contributed by atoms with Crippen LogP contribution in [0.15, 0.2) is 0 Å². The van der Waals surface area contributed by atoms with E-state index in [1.54, 1.807) is 6.92 Å². The quantitative estimate of drug-likeness (QED) is 0.754. The Morgan fingerprint density at radius 3 is 2.42 bits per heavy atom. The van der Waals surface area contributed by atoms with E-state index in [2.05, 4.69) is 24.5 Å². The van der Waals surface area contributed by atoms with Crippen LogP contribution in [-0.4, -0.2) is 35.6 Å². The van der Waals surface area contributed by atoms with Gasteiger partial charge in [-0.05, 0) is 33.6 Å². The zero-order valence-corrected chi connectivity index (χ0v) is 12.7. The molecule has 5 nitrogen and oxygen atoms in total. The van der Waals surface area contributed by atoms with Crippen LogP contribution in [0.2, 0.25) is 0 Å². The predicted octanol–water partition coefficient (Wildman–Crippen LogP) is 1.22. The summed E-state index contributed by atoms with van der Waals surface area (Å²) in [6, 6.07) is -0.370. The van der Waals surface area contributed by atoms with Gasteiger partial charge in [-0.25, -0.2) is 0 Å². The maximum Gasteiger partial charge on any atom is 0.323 e. The highest BCUT2D eigenvalue weighted by molar-refractivity contribution is 5.80. The standard InChI is InChI=1S/C14H26N2O3/c1-8(2)12-10(7-11(17)16-12)15-9(3)13(18)19-14(4,5)6/h8-10,12,15H,7H2,1-6H3,(H,16,17)/t9-,10-,12-/m0/s1. The van der Waals surface area contributed by atoms with Gasteiger partial charge in [0.2, 0.25) is 5.91 Å². The Bertz CT molecular complexity index is 347. The first-order chi connectivity index (χ1) is 8.60. The van der Waals surface area contributed by atoms with E-state index in [9.17, 15) is 9.59 Å². The van der Waals surface area contributed by atoms with E-state index in [0.29, 0.717) is 12.3 Å². The van der Waals surface area contributed by atoms with Crippen molar-refractivity contribution in [3.8, 4) is 0 Å². The van der Waals surface area contributed by atoms with Gasteiger partial charge in [0.1, 0.15) is 11.6 Å². The fraction of sp³-hybridized carbons (Fsp3) is 0.857. The number of rotatable bonds is 4. The molecule has 0 aromatic heterocycles. The van der Waals surface area contributed by atoms with Gasteiger partial charge in [0.05, 0.1) is 0 Å². The van der Waals surface area contributed by atoms with Gasteiger partial charge in [-0.15, -0.1) is 0 Å². The molecule has 110 valence electrons. The molecule has 0 aromatic carbocycles. The van der Waals surface area contributed by atoms with Gasteiger partial charge in [-0.1, -0.05) is 13.8 Å². The lowest BCUT2D eigenvalue weighted by atomic mass is 9.97. The van der Waals surface area contributed by atoms with Crippen molar-refractivity contribution in [3.63, 3.8) is 0 Å². The van der Waals surface area contributed by atoms with Gasteiger partial charge in [0.15, 0.2) is 0 Å². The second-order valence-electron chi connectivity index (χ2n) is 6.57. The normalized spacial score (nSPS) is 25.3. The van der Waals surface area contributed by atoms with Crippen LogP contribution in [0.1, 0.15) is 48.0 Å². The number of hydrogen-bond donors (Lipinski definition) is 2. The van der Waals surface area contributed by atoms with Crippen molar-refractivity contribution < 1.29 is 14.3 Å². The molecular formula is C14H26N2O3. The number of carbonyl (C=O) groups is 2. The molecule has 1 heterocycles. The molecule has 1 rings (SSSR count). The Morgan fingerprint density at radius 1 is 1.37 bits per heavy atom. The second-order valence-corrected chi connectivity index (χ2v) is 6.57. The highest BCUT2D eigenvalue weighted by atomic mass is 16.6. The molecule has 1 amide bonds. The summed E-state index contributed by atoms with van der Waals surface area (Å²) in [5.74, 6) is 0.0803. The zero-order valence-electron chi connectivity index (χ0n) is 12.7. The minimum Gasteiger partial charge on any atom is -0.459 e. The van der Waals surface area contributed by atoms with Crippen LogP contribution in [0.4, 0.5) is 0 Å². The molecule has 1 saturated heterocycles. The Labute approximate surface area is 115 Å². The lowest BCUT2D eigenvalue weighted by molar-refractivity contribution is -0.157. The van der Waals surface area contributed by atoms with Crippen molar-refractivity contribution in [3.05, 3.63) is 0 Å². The largest absolute Gasteiger partial charge is 0.459 e. The van der Waals surface area contributed by atoms with Crippen molar-refractivity contribution in [1.82, 2.24) is 10.6 Å². The molecule has 0 unspecified atom stereocenters. The Hall–Kier alpha value is -1.10. The molecule has 3 atom stereocenters. The first-order valence-corrected chi connectivity index (χ1v) is 6.88. The minimum atomic E-state index is -0.492. The predicted molar refractivity (Wildman–Crippen MR) is 73.6 cm³/mol. The fourth-order valence-corrected chi connectivity index (χ4v) is 2.25. The maximum atomic E-state index is 11.9. The van der Waals surface area contributed by atoms with E-state index in [1.807, 2.05) is 20.8 Å². The van der Waals surface area contributed by atoms with Gasteiger partial charge in [-0.2, -0.15) is 0 Å². The first-order valence-electron chi connectivity index (χ1n) is 6.88. The van der Waals surface area contributed by atoms with Gasteiger partial charge in [-0.3, -0.25) is 14.9 Å². The molecule has 0 saturated carbocycles. The van der Waals surface area contributed by atoms with Crippen LogP contribution in [-0.2, 0) is 14.3 Å². The zero-order chi connectivity index (χ0) is 14.8. The third kappa shape index (κ3) is 4.82. The summed E-state index contributed by atoms with van der Waals surface area (Å²) in [4.78, 5) is 23.4. The molecular weight excluding hydrogens is 244 g/mol. The van der Waals surface area contributed by atoms with E-state index in [0.717, 1.165) is 0 Å². The summed E-state index contributed by atoms with van der Waals surface area (Å²) in [7, 11) is 0. The summed E-state index contributed by atoms with van der Waals surface area (Å²) in [6.45, 7) is 11.4. The SMILES string of the molecule is CC(C)[C@@H]1NC(=O)C[C@@H]1N[C@@H](C)C(=O)OC(C)(C)C. The number of esters is 1. The van der Waals surface area contributed by atoms with Gasteiger partial charge in [0, 0.05) is 18.5 Å². The van der Waals surface area contributed by atoms with Crippen LogP contribution >= 0.6 is 0 Å². The molecule has 1 aliphatic rings. The molecule has 5 heteroatoms. The average Bonchev–Trinajstić information content (AvgIpc) is 2.56. The molecule has 0 bridgehead atoms. The molecule has 19 heavy (non-hydrogen) atoms. The van der Waals surface area contributed by atoms with E-state index >= 15 is 0 Å². The summed E-state index contributed by atoms with van der Waals surface area (Å²) in [5.41, 5.74) is -0.492. The van der Waals surface area contributed by atoms with Crippen LogP contribution in [0.5, 0.6) is 0 Å². The molecule has 0 spiro atoms. The van der Waals surface area contributed by atoms with Gasteiger partial charge in [0.25, 0.3) is 0 Å². The van der Waals surface area contributed by atoms with Gasteiger partial charge < -0.3 is 10.1 Å². The minimum absolute atomic E-state index is 0.0185. The number of carbonyl (C=O) groups excluding carboxylic acids is 2. The summed E-state index contributed by atoms with van der Waals surface area (Å²) in [5, 5.41) is 6.15. The highest BCUT2D eigenvalue weighted by Crippen LogP contribution is 2.17. The fourth-order valence-electron chi connectivity index (χ4n) is 2.25. The van der Waals surface area contributed by atoms with Crippen LogP contribution in [0.3, 0.4) is 0 Å². The number of nitrogens with one attached hydrogen (secondary N) is 2. The lowest BCUT2D eigenvalue weighted by Crippen LogP contribution is -2.50. The topological polar surface area (TPSA) is 67.4 Å². The summed E-state index contributed by atoms with van der Waals surface area (Å²) in [6.07, 6.45) is 0.413. The van der Waals surface area contributed by atoms with Crippen molar-refractivity contribution in [2.75, 3.05) is 0 Å².